The molecule has 0 amide bonds. The first-order valence-electron chi connectivity index (χ1n) is 4.11. The second-order valence-corrected chi connectivity index (χ2v) is 4.64. The highest BCUT2D eigenvalue weighted by molar-refractivity contribution is 6.51. The molecule has 1 aliphatic rings. The molecule has 1 saturated carbocycles. The molecule has 3 nitrogen and oxygen atoms in total. The molecular formula is C8H14Cl2O3. The van der Waals surface area contributed by atoms with Crippen LogP contribution in [0.4, 0.5) is 4.79 Å². The molecule has 0 saturated heterocycles. The van der Waals surface area contributed by atoms with Crippen molar-refractivity contribution in [1.29, 1.82) is 0 Å². The summed E-state index contributed by atoms with van der Waals surface area (Å²) in [5, 5.41) is 13.9. The Bertz CT molecular complexity index is 184. The van der Waals surface area contributed by atoms with Crippen molar-refractivity contribution < 1.29 is 15.0 Å². The van der Waals surface area contributed by atoms with Crippen LogP contribution in [0.1, 0.15) is 33.1 Å². The van der Waals surface area contributed by atoms with Crippen LogP contribution in [0.3, 0.4) is 0 Å². The van der Waals surface area contributed by atoms with E-state index in [9.17, 15) is 0 Å². The third kappa shape index (κ3) is 3.24. The van der Waals surface area contributed by atoms with Crippen LogP contribution >= 0.6 is 23.2 Å². The van der Waals surface area contributed by atoms with Gasteiger partial charge in [-0.25, -0.2) is 4.79 Å². The third-order valence-corrected chi connectivity index (χ3v) is 3.63. The molecule has 0 aromatic heterocycles. The van der Waals surface area contributed by atoms with Crippen LogP contribution < -0.4 is 0 Å². The number of carbonyl (C=O) groups is 1. The number of hydrogen-bond donors (Lipinski definition) is 2. The zero-order valence-corrected chi connectivity index (χ0v) is 9.19. The molecule has 1 rings (SSSR count). The molecule has 0 aromatic rings. The molecule has 0 radical (unpaired) electrons. The highest BCUT2D eigenvalue weighted by atomic mass is 35.5. The number of carboxylic acid groups (broad SMARTS) is 2. The quantitative estimate of drug-likeness (QED) is 0.711. The molecule has 0 unspecified atom stereocenters. The summed E-state index contributed by atoms with van der Waals surface area (Å²) < 4.78 is -0.392. The number of hydrogen-bond acceptors (Lipinski definition) is 1. The highest BCUT2D eigenvalue weighted by Gasteiger charge is 2.63. The lowest BCUT2D eigenvalue weighted by molar-refractivity contribution is 0.137. The maximum Gasteiger partial charge on any atom is 0.503 e. The Morgan fingerprint density at radius 1 is 1.31 bits per heavy atom. The fourth-order valence-corrected chi connectivity index (χ4v) is 2.44. The minimum Gasteiger partial charge on any atom is -0.450 e. The molecule has 0 aromatic carbocycles. The van der Waals surface area contributed by atoms with Gasteiger partial charge in [-0.2, -0.15) is 0 Å². The first-order valence-corrected chi connectivity index (χ1v) is 4.86. The van der Waals surface area contributed by atoms with Gasteiger partial charge in [0.1, 0.15) is 4.33 Å². The Morgan fingerprint density at radius 2 is 1.54 bits per heavy atom. The van der Waals surface area contributed by atoms with E-state index in [2.05, 4.69) is 13.8 Å². The Hall–Kier alpha value is -0.150. The average molecular weight is 229 g/mol. The topological polar surface area (TPSA) is 57.5 Å². The predicted octanol–water partition coefficient (Wildman–Crippen LogP) is 3.59. The number of alkyl halides is 2. The Labute approximate surface area is 87.7 Å². The second-order valence-electron chi connectivity index (χ2n) is 3.15. The van der Waals surface area contributed by atoms with Gasteiger partial charge < -0.3 is 10.2 Å². The van der Waals surface area contributed by atoms with Gasteiger partial charge in [0.15, 0.2) is 0 Å². The van der Waals surface area contributed by atoms with Crippen LogP contribution in [0, 0.1) is 5.41 Å². The third-order valence-electron chi connectivity index (χ3n) is 2.56. The lowest BCUT2D eigenvalue weighted by Gasteiger charge is -2.11. The minimum absolute atomic E-state index is 0.260. The first-order chi connectivity index (χ1) is 5.81. The normalized spacial score (nSPS) is 21.2. The van der Waals surface area contributed by atoms with Gasteiger partial charge in [-0.1, -0.05) is 13.8 Å². The monoisotopic (exact) mass is 228 g/mol. The largest absolute Gasteiger partial charge is 0.503 e. The van der Waals surface area contributed by atoms with E-state index in [0.717, 1.165) is 19.3 Å². The molecule has 0 heterocycles. The molecule has 0 atom stereocenters. The summed E-state index contributed by atoms with van der Waals surface area (Å²) in [5.41, 5.74) is 0.260. The molecule has 1 fully saturated rings. The SMILES string of the molecule is CCC1(CC)CC1(Cl)Cl.O=C(O)O. The van der Waals surface area contributed by atoms with E-state index in [0.29, 0.717) is 0 Å². The van der Waals surface area contributed by atoms with Crippen LogP contribution in [0.25, 0.3) is 0 Å². The van der Waals surface area contributed by atoms with Crippen molar-refractivity contribution >= 4 is 29.4 Å². The number of rotatable bonds is 2. The first kappa shape index (κ1) is 12.8. The van der Waals surface area contributed by atoms with Crippen molar-refractivity contribution in [3.8, 4) is 0 Å². The summed E-state index contributed by atoms with van der Waals surface area (Å²) >= 11 is 11.9. The van der Waals surface area contributed by atoms with E-state index in [4.69, 9.17) is 38.2 Å². The minimum atomic E-state index is -1.83. The van der Waals surface area contributed by atoms with Crippen LogP contribution in [-0.2, 0) is 0 Å². The summed E-state index contributed by atoms with van der Waals surface area (Å²) in [6, 6.07) is 0. The zero-order valence-electron chi connectivity index (χ0n) is 7.68. The van der Waals surface area contributed by atoms with E-state index in [1.165, 1.54) is 0 Å². The summed E-state index contributed by atoms with van der Waals surface area (Å²) in [6.07, 6.45) is 1.36. The molecule has 1 aliphatic carbocycles. The molecular weight excluding hydrogens is 215 g/mol. The van der Waals surface area contributed by atoms with Gasteiger partial charge >= 0.3 is 6.16 Å². The van der Waals surface area contributed by atoms with Gasteiger partial charge in [0.25, 0.3) is 0 Å². The van der Waals surface area contributed by atoms with E-state index >= 15 is 0 Å². The van der Waals surface area contributed by atoms with Gasteiger partial charge in [-0.05, 0) is 19.3 Å². The van der Waals surface area contributed by atoms with Crippen molar-refractivity contribution in [2.45, 2.75) is 37.4 Å². The smallest absolute Gasteiger partial charge is 0.450 e. The summed E-state index contributed by atoms with van der Waals surface area (Å²) in [6.45, 7) is 4.30. The molecule has 78 valence electrons. The second kappa shape index (κ2) is 4.38. The fraction of sp³-hybridized carbons (Fsp3) is 0.875. The molecule has 0 bridgehead atoms. The Kier molecular flexibility index (Phi) is 4.33. The Balaban J connectivity index is 0.000000310. The average Bonchev–Trinajstić information content (AvgIpc) is 2.53. The molecule has 2 N–H and O–H groups in total. The standard InChI is InChI=1S/C7H12Cl2.CH2O3/c1-3-6(4-2)5-7(6,8)9;2-1(3)4/h3-5H2,1-2H3;(H2,2,3,4). The van der Waals surface area contributed by atoms with Crippen molar-refractivity contribution in [1.82, 2.24) is 0 Å². The number of halogens is 2. The lowest BCUT2D eigenvalue weighted by atomic mass is 10.0. The lowest BCUT2D eigenvalue weighted by Crippen LogP contribution is -2.05. The molecule has 5 heteroatoms. The van der Waals surface area contributed by atoms with Crippen molar-refractivity contribution in [3.63, 3.8) is 0 Å². The van der Waals surface area contributed by atoms with E-state index in [-0.39, 0.29) is 5.41 Å². The highest BCUT2D eigenvalue weighted by Crippen LogP contribution is 2.67. The predicted molar refractivity (Wildman–Crippen MR) is 52.7 cm³/mol. The molecule has 13 heavy (non-hydrogen) atoms. The van der Waals surface area contributed by atoms with Crippen LogP contribution in [-0.4, -0.2) is 20.7 Å². The molecule has 0 spiro atoms. The maximum atomic E-state index is 8.56. The van der Waals surface area contributed by atoms with E-state index in [1.54, 1.807) is 0 Å². The van der Waals surface area contributed by atoms with Gasteiger partial charge in [0.2, 0.25) is 0 Å². The fourth-order valence-electron chi connectivity index (χ4n) is 1.40. The summed E-state index contributed by atoms with van der Waals surface area (Å²) in [4.78, 5) is 8.56. The van der Waals surface area contributed by atoms with E-state index < -0.39 is 10.5 Å². The summed E-state index contributed by atoms with van der Waals surface area (Å²) in [7, 11) is 0. The Morgan fingerprint density at radius 3 is 1.54 bits per heavy atom. The maximum absolute atomic E-state index is 8.56. The van der Waals surface area contributed by atoms with Crippen molar-refractivity contribution in [2.75, 3.05) is 0 Å². The van der Waals surface area contributed by atoms with Crippen LogP contribution in [0.15, 0.2) is 0 Å². The van der Waals surface area contributed by atoms with Crippen molar-refractivity contribution in [2.24, 2.45) is 5.41 Å². The van der Waals surface area contributed by atoms with Gasteiger partial charge in [0.05, 0.1) is 0 Å². The van der Waals surface area contributed by atoms with Gasteiger partial charge in [-0.3, -0.25) is 0 Å². The van der Waals surface area contributed by atoms with Crippen LogP contribution in [0.5, 0.6) is 0 Å². The van der Waals surface area contributed by atoms with Gasteiger partial charge in [0, 0.05) is 5.41 Å². The molecule has 0 aliphatic heterocycles. The van der Waals surface area contributed by atoms with Crippen LogP contribution in [0.2, 0.25) is 0 Å². The zero-order chi connectivity index (χ0) is 10.7. The summed E-state index contributed by atoms with van der Waals surface area (Å²) in [5.74, 6) is 0. The van der Waals surface area contributed by atoms with Gasteiger partial charge in [-0.15, -0.1) is 23.2 Å². The van der Waals surface area contributed by atoms with E-state index in [1.807, 2.05) is 0 Å². The van der Waals surface area contributed by atoms with Crippen molar-refractivity contribution in [3.05, 3.63) is 0 Å².